The van der Waals surface area contributed by atoms with Crippen molar-refractivity contribution in [2.75, 3.05) is 29.5 Å². The van der Waals surface area contributed by atoms with Crippen molar-refractivity contribution in [1.29, 1.82) is 0 Å². The van der Waals surface area contributed by atoms with Crippen LogP contribution >= 0.6 is 24.1 Å². The number of hydrogen-bond donors (Lipinski definition) is 8. The van der Waals surface area contributed by atoms with E-state index in [1.165, 1.54) is 6.07 Å². The SMILES string of the molecule is O=S(=O)(O)CC(O)CN1C2=C(C=CC=CC=C3CCCC4C3=[N+](CC(O)CS(=O)(=O)O)c3ccc5cc(SOOO)cc(S(=O)(=O)O)c5c34)CCC2c2c1ccc1cc(S(=O)(=O)O)cc(SOOO)c21. The van der Waals surface area contributed by atoms with Gasteiger partial charge < -0.3 is 15.1 Å². The molecule has 8 rings (SSSR count). The van der Waals surface area contributed by atoms with Crippen LogP contribution in [-0.4, -0.2) is 120 Å². The van der Waals surface area contributed by atoms with Crippen LogP contribution in [0.1, 0.15) is 55.1 Å². The summed E-state index contributed by atoms with van der Waals surface area (Å²) >= 11 is 0.957. The summed E-state index contributed by atoms with van der Waals surface area (Å²) in [6, 6.07) is 11.5. The van der Waals surface area contributed by atoms with Crippen LogP contribution in [0.4, 0.5) is 11.4 Å². The maximum Gasteiger partial charge on any atom is 0.295 e. The number of hydrogen-bond acceptors (Lipinski definition) is 19. The molecule has 0 saturated heterocycles. The molecule has 4 atom stereocenters. The molecule has 4 aliphatic rings. The fraction of sp³-hybridized carbons (Fsp3) is 0.310. The van der Waals surface area contributed by atoms with Crippen molar-refractivity contribution in [1.82, 2.24) is 0 Å². The number of β-amino-alcohol motifs (C(OH)–C–C–N with tert-alkyl or cyclic N) is 2. The van der Waals surface area contributed by atoms with Gasteiger partial charge in [0.05, 0.1) is 41.0 Å². The van der Waals surface area contributed by atoms with E-state index in [1.807, 2.05) is 12.2 Å². The summed E-state index contributed by atoms with van der Waals surface area (Å²) < 4.78 is 148. The molecule has 0 radical (unpaired) electrons. The zero-order valence-electron chi connectivity index (χ0n) is 36.0. The van der Waals surface area contributed by atoms with Crippen LogP contribution < -0.4 is 4.90 Å². The van der Waals surface area contributed by atoms with Gasteiger partial charge in [-0.2, -0.15) is 38.2 Å². The molecular formula is C42H43N2O20S6+. The molecule has 8 N–H and O–H groups in total. The summed E-state index contributed by atoms with van der Waals surface area (Å²) in [6.07, 6.45) is 8.29. The van der Waals surface area contributed by atoms with Crippen molar-refractivity contribution >= 4 is 103 Å². The summed E-state index contributed by atoms with van der Waals surface area (Å²) in [5.74, 6) is -2.87. The number of benzene rings is 4. The number of aliphatic hydroxyl groups is 2. The Morgan fingerprint density at radius 2 is 1.41 bits per heavy atom. The van der Waals surface area contributed by atoms with Gasteiger partial charge in [0.2, 0.25) is 5.69 Å². The maximum absolute atomic E-state index is 12.9. The van der Waals surface area contributed by atoms with Gasteiger partial charge in [0.25, 0.3) is 40.5 Å². The number of fused-ring (bicyclic) bond motifs is 10. The molecule has 0 aromatic heterocycles. The molecule has 1 saturated carbocycles. The molecule has 0 bridgehead atoms. The minimum atomic E-state index is -4.90. The van der Waals surface area contributed by atoms with E-state index in [0.29, 0.717) is 106 Å². The van der Waals surface area contributed by atoms with Gasteiger partial charge in [-0.25, -0.2) is 10.5 Å². The van der Waals surface area contributed by atoms with E-state index in [1.54, 1.807) is 58.0 Å². The second-order valence-electron chi connectivity index (χ2n) is 16.7. The van der Waals surface area contributed by atoms with Crippen LogP contribution in [0.25, 0.3) is 21.5 Å². The van der Waals surface area contributed by atoms with Gasteiger partial charge >= 0.3 is 0 Å². The third kappa shape index (κ3) is 11.1. The molecule has 0 spiro atoms. The number of aliphatic hydroxyl groups excluding tert-OH is 2. The second-order valence-corrected chi connectivity index (χ2v) is 24.1. The summed E-state index contributed by atoms with van der Waals surface area (Å²) in [4.78, 5) is 1.07. The van der Waals surface area contributed by atoms with Crippen molar-refractivity contribution < 1.29 is 95.9 Å². The quantitative estimate of drug-likeness (QED) is 0.0135. The Bertz CT molecular complexity index is 3410. The van der Waals surface area contributed by atoms with Crippen LogP contribution in [0, 0.1) is 0 Å². The third-order valence-corrected chi connectivity index (χ3v) is 16.8. The average molecular weight is 1090 g/mol. The molecule has 0 amide bonds. The molecule has 2 aliphatic carbocycles. The van der Waals surface area contributed by atoms with E-state index in [9.17, 15) is 62.1 Å². The van der Waals surface area contributed by atoms with Crippen LogP contribution in [0.5, 0.6) is 0 Å². The monoisotopic (exact) mass is 1090 g/mol. The molecule has 22 nitrogen and oxygen atoms in total. The highest BCUT2D eigenvalue weighted by Gasteiger charge is 2.46. The highest BCUT2D eigenvalue weighted by atomic mass is 32.2. The molecule has 4 aromatic rings. The van der Waals surface area contributed by atoms with E-state index >= 15 is 0 Å². The fourth-order valence-electron chi connectivity index (χ4n) is 10.1. The van der Waals surface area contributed by atoms with Gasteiger partial charge in [0.15, 0.2) is 12.3 Å². The van der Waals surface area contributed by atoms with Crippen molar-refractivity contribution in [2.24, 2.45) is 0 Å². The summed E-state index contributed by atoms with van der Waals surface area (Å²) in [6.45, 7) is -0.603. The van der Waals surface area contributed by atoms with Gasteiger partial charge in [0.1, 0.15) is 22.5 Å². The van der Waals surface area contributed by atoms with Crippen LogP contribution in [-0.2, 0) is 59.2 Å². The normalized spacial score (nSPS) is 20.1. The standard InChI is InChI=1S/C42H42N2O20S6/c45-27(21-67(49,50)51)19-43-33-14-11-26-16-30(69(55,56)57)18-35(66-64-62-48)37(26)39(33)32-12-9-24(42(32)43)6-3-1-2-5-23-7-4-8-31-40-34(44(41(23)31)20-28(46)22-68(52,53)54)13-10-25-15-29(65-63-61-47)17-36(38(25)40)70(58,59)60/h1-3,5-6,10-11,13-18,27-28,31-32,45-46H,4,7-9,12,19-22H2,(H5-,47,48,49,50,51,52,53,54,55,56,57,58,59,60)/p+1. The van der Waals surface area contributed by atoms with Gasteiger partial charge in [0, 0.05) is 61.6 Å². The van der Waals surface area contributed by atoms with E-state index in [-0.39, 0.29) is 28.3 Å². The van der Waals surface area contributed by atoms with Crippen LogP contribution in [0.15, 0.2) is 115 Å². The summed E-state index contributed by atoms with van der Waals surface area (Å²) in [7, 11) is -18.8. The molecule has 70 heavy (non-hydrogen) atoms. The first-order valence-electron chi connectivity index (χ1n) is 20.9. The minimum Gasteiger partial charge on any atom is -0.390 e. The lowest BCUT2D eigenvalue weighted by Gasteiger charge is -2.25. The van der Waals surface area contributed by atoms with E-state index < -0.39 is 85.8 Å². The Kier molecular flexibility index (Phi) is 15.2. The first-order valence-corrected chi connectivity index (χ1v) is 28.5. The highest BCUT2D eigenvalue weighted by molar-refractivity contribution is 7.95. The van der Waals surface area contributed by atoms with Gasteiger partial charge in [-0.05, 0) is 90.4 Å². The second kappa shape index (κ2) is 20.4. The Morgan fingerprint density at radius 3 is 2.10 bits per heavy atom. The molecular weight excluding hydrogens is 1040 g/mol. The van der Waals surface area contributed by atoms with Crippen molar-refractivity contribution in [2.45, 2.75) is 75.7 Å². The molecule has 2 aliphatic heterocycles. The Labute approximate surface area is 408 Å². The first kappa shape index (κ1) is 52.2. The first-order chi connectivity index (χ1) is 33.0. The van der Waals surface area contributed by atoms with Crippen LogP contribution in [0.3, 0.4) is 0 Å². The predicted octanol–water partition coefficient (Wildman–Crippen LogP) is 5.90. The fourth-order valence-corrected chi connectivity index (χ4v) is 13.7. The Balaban J connectivity index is 1.18. The Morgan fingerprint density at radius 1 is 0.729 bits per heavy atom. The van der Waals surface area contributed by atoms with Gasteiger partial charge in [-0.3, -0.25) is 18.2 Å². The molecule has 4 unspecified atom stereocenters. The summed E-state index contributed by atoms with van der Waals surface area (Å²) in [5.41, 5.74) is 4.93. The van der Waals surface area contributed by atoms with Crippen molar-refractivity contribution in [3.05, 3.63) is 107 Å². The molecule has 2 heterocycles. The highest BCUT2D eigenvalue weighted by Crippen LogP contribution is 2.56. The lowest BCUT2D eigenvalue weighted by molar-refractivity contribution is -0.448. The lowest BCUT2D eigenvalue weighted by atomic mass is 9.79. The number of nitrogens with zero attached hydrogens (tertiary/aromatic N) is 2. The number of allylic oxidation sites excluding steroid dienone is 8. The Hall–Kier alpha value is -4.15. The molecule has 4 aromatic carbocycles. The van der Waals surface area contributed by atoms with E-state index in [2.05, 4.69) is 14.4 Å². The largest absolute Gasteiger partial charge is 0.390 e. The van der Waals surface area contributed by atoms with E-state index in [0.717, 1.165) is 23.3 Å². The maximum atomic E-state index is 12.9. The zero-order chi connectivity index (χ0) is 50.5. The molecule has 1 fully saturated rings. The third-order valence-electron chi connectivity index (χ3n) is 12.3. The van der Waals surface area contributed by atoms with Gasteiger partial charge in [-0.1, -0.05) is 46.5 Å². The van der Waals surface area contributed by atoms with Crippen LogP contribution in [0.2, 0.25) is 0 Å². The molecule has 376 valence electrons. The predicted molar refractivity (Wildman–Crippen MR) is 253 cm³/mol. The lowest BCUT2D eigenvalue weighted by Crippen LogP contribution is -2.34. The number of rotatable bonds is 19. The van der Waals surface area contributed by atoms with Crippen molar-refractivity contribution in [3.63, 3.8) is 0 Å². The zero-order valence-corrected chi connectivity index (χ0v) is 40.9. The summed E-state index contributed by atoms with van der Waals surface area (Å²) in [5, 5.41) is 48.4. The smallest absolute Gasteiger partial charge is 0.295 e. The average Bonchev–Trinajstić information content (AvgIpc) is 3.92. The van der Waals surface area contributed by atoms with E-state index in [4.69, 9.17) is 14.8 Å². The van der Waals surface area contributed by atoms with Gasteiger partial charge in [-0.15, -0.1) is 8.67 Å². The molecule has 28 heteroatoms. The topological polar surface area (TPSA) is 342 Å². The van der Waals surface area contributed by atoms with Crippen molar-refractivity contribution in [3.8, 4) is 0 Å². The minimum absolute atomic E-state index is 0.135. The number of anilines is 1.